The lowest BCUT2D eigenvalue weighted by Crippen LogP contribution is -2.58. The van der Waals surface area contributed by atoms with E-state index in [1.165, 1.54) is 57.8 Å². The fourth-order valence-corrected chi connectivity index (χ4v) is 9.68. The zero-order valence-electron chi connectivity index (χ0n) is 19.8. The van der Waals surface area contributed by atoms with Crippen molar-refractivity contribution < 1.29 is 9.84 Å². The maximum atomic E-state index is 10.4. The molecule has 0 aromatic carbocycles. The lowest BCUT2D eigenvalue weighted by atomic mass is 9.44. The SMILES string of the molecule is CC(C)CCC[C@@H](C)[C@H]1CC[C@H]2[C@@H]3C[C@H]4O[C@]45C[C@@H](O)CC[C@]5(C)[C@H]3CC[C@]12C. The number of aliphatic hydroxyl groups excluding tert-OH is 1. The van der Waals surface area contributed by atoms with Gasteiger partial charge in [0.2, 0.25) is 0 Å². The van der Waals surface area contributed by atoms with E-state index in [1.54, 1.807) is 0 Å². The van der Waals surface area contributed by atoms with Crippen LogP contribution in [0.5, 0.6) is 0 Å². The zero-order chi connectivity index (χ0) is 20.6. The predicted octanol–water partition coefficient (Wildman–Crippen LogP) is 6.60. The van der Waals surface area contributed by atoms with E-state index in [0.29, 0.717) is 16.9 Å². The van der Waals surface area contributed by atoms with Crippen LogP contribution < -0.4 is 0 Å². The van der Waals surface area contributed by atoms with Gasteiger partial charge in [-0.2, -0.15) is 0 Å². The first-order valence-electron chi connectivity index (χ1n) is 13.1. The van der Waals surface area contributed by atoms with E-state index in [-0.39, 0.29) is 11.7 Å². The van der Waals surface area contributed by atoms with Crippen molar-refractivity contribution in [1.29, 1.82) is 0 Å². The molecule has 0 amide bonds. The van der Waals surface area contributed by atoms with E-state index in [2.05, 4.69) is 34.6 Å². The van der Waals surface area contributed by atoms with E-state index >= 15 is 0 Å². The second kappa shape index (κ2) is 6.96. The monoisotopic (exact) mass is 402 g/mol. The molecule has 4 saturated carbocycles. The van der Waals surface area contributed by atoms with Gasteiger partial charge in [-0.25, -0.2) is 0 Å². The van der Waals surface area contributed by atoms with Gasteiger partial charge in [-0.3, -0.25) is 0 Å². The van der Waals surface area contributed by atoms with Crippen LogP contribution in [-0.2, 0) is 4.74 Å². The maximum absolute atomic E-state index is 10.4. The molecule has 166 valence electrons. The summed E-state index contributed by atoms with van der Waals surface area (Å²) in [7, 11) is 0. The molecule has 5 rings (SSSR count). The Balaban J connectivity index is 1.33. The molecule has 4 aliphatic carbocycles. The largest absolute Gasteiger partial charge is 0.393 e. The molecule has 2 heteroatoms. The molecule has 0 aromatic rings. The van der Waals surface area contributed by atoms with E-state index in [0.717, 1.165) is 48.3 Å². The average molecular weight is 403 g/mol. The Bertz CT molecular complexity index is 630. The van der Waals surface area contributed by atoms with Crippen molar-refractivity contribution >= 4 is 0 Å². The van der Waals surface area contributed by atoms with Crippen molar-refractivity contribution in [3.63, 3.8) is 0 Å². The summed E-state index contributed by atoms with van der Waals surface area (Å²) in [6, 6.07) is 0. The first-order valence-corrected chi connectivity index (χ1v) is 13.1. The number of fused-ring (bicyclic) bond motifs is 4. The Labute approximate surface area is 179 Å². The first kappa shape index (κ1) is 20.8. The summed E-state index contributed by atoms with van der Waals surface area (Å²) in [6.07, 6.45) is 14.8. The van der Waals surface area contributed by atoms with E-state index in [4.69, 9.17) is 4.74 Å². The van der Waals surface area contributed by atoms with Crippen LogP contribution in [0.1, 0.15) is 105 Å². The molecule has 10 atom stereocenters. The summed E-state index contributed by atoms with van der Waals surface area (Å²) in [6.45, 7) is 12.6. The number of hydrogen-bond acceptors (Lipinski definition) is 2. The third-order valence-electron chi connectivity index (χ3n) is 11.3. The van der Waals surface area contributed by atoms with Crippen LogP contribution in [-0.4, -0.2) is 22.9 Å². The van der Waals surface area contributed by atoms with Gasteiger partial charge in [0.15, 0.2) is 0 Å². The van der Waals surface area contributed by atoms with Gasteiger partial charge in [0.1, 0.15) is 5.60 Å². The molecule has 2 nitrogen and oxygen atoms in total. The normalized spacial score (nSPS) is 54.3. The molecule has 5 aliphatic rings. The van der Waals surface area contributed by atoms with Crippen LogP contribution >= 0.6 is 0 Å². The third-order valence-corrected chi connectivity index (χ3v) is 11.3. The summed E-state index contributed by atoms with van der Waals surface area (Å²) in [5, 5.41) is 10.4. The molecule has 1 saturated heterocycles. The first-order chi connectivity index (χ1) is 13.7. The standard InChI is InChI=1S/C27H46O2/c1-17(2)7-6-8-18(3)21-9-10-22-20-15-24-27(29-24)16-19(28)11-14-26(27,5)23(20)12-13-25(21,22)4/h17-24,28H,6-16H2,1-5H3/t18-,19+,20+,21-,22+,23+,24-,25-,26-,27-/m1/s1. The van der Waals surface area contributed by atoms with E-state index in [9.17, 15) is 5.11 Å². The van der Waals surface area contributed by atoms with Crippen LogP contribution in [0.25, 0.3) is 0 Å². The molecule has 1 spiro atoms. The Morgan fingerprint density at radius 1 is 0.966 bits per heavy atom. The number of hydrogen-bond donors (Lipinski definition) is 1. The molecule has 0 unspecified atom stereocenters. The minimum Gasteiger partial charge on any atom is -0.393 e. The molecule has 1 aliphatic heterocycles. The Kier molecular flexibility index (Phi) is 4.99. The zero-order valence-corrected chi connectivity index (χ0v) is 19.8. The molecule has 0 aromatic heterocycles. The van der Waals surface area contributed by atoms with Gasteiger partial charge in [-0.15, -0.1) is 0 Å². The highest BCUT2D eigenvalue weighted by Crippen LogP contribution is 2.74. The van der Waals surface area contributed by atoms with Gasteiger partial charge in [-0.1, -0.05) is 53.9 Å². The summed E-state index contributed by atoms with van der Waals surface area (Å²) >= 11 is 0. The van der Waals surface area contributed by atoms with Gasteiger partial charge in [-0.05, 0) is 85.9 Å². The smallest absolute Gasteiger partial charge is 0.103 e. The highest BCUT2D eigenvalue weighted by atomic mass is 16.6. The Hall–Kier alpha value is -0.0800. The highest BCUT2D eigenvalue weighted by molar-refractivity contribution is 5.24. The van der Waals surface area contributed by atoms with Gasteiger partial charge in [0.05, 0.1) is 12.2 Å². The topological polar surface area (TPSA) is 32.8 Å². The Morgan fingerprint density at radius 3 is 2.52 bits per heavy atom. The van der Waals surface area contributed by atoms with E-state index in [1.807, 2.05) is 0 Å². The number of ether oxygens (including phenoxy) is 1. The number of aliphatic hydroxyl groups is 1. The molecule has 5 fully saturated rings. The van der Waals surface area contributed by atoms with Crippen LogP contribution in [0.2, 0.25) is 0 Å². The summed E-state index contributed by atoms with van der Waals surface area (Å²) in [5.41, 5.74) is 0.932. The van der Waals surface area contributed by atoms with Crippen LogP contribution in [0, 0.1) is 46.3 Å². The fourth-order valence-electron chi connectivity index (χ4n) is 9.68. The minimum absolute atomic E-state index is 0.0434. The molecular formula is C27H46O2. The fraction of sp³-hybridized carbons (Fsp3) is 1.00. The minimum atomic E-state index is -0.124. The molecule has 1 N–H and O–H groups in total. The molecule has 1 heterocycles. The van der Waals surface area contributed by atoms with Gasteiger partial charge >= 0.3 is 0 Å². The van der Waals surface area contributed by atoms with Gasteiger partial charge < -0.3 is 9.84 Å². The van der Waals surface area contributed by atoms with Crippen molar-refractivity contribution in [2.24, 2.45) is 46.3 Å². The van der Waals surface area contributed by atoms with Crippen LogP contribution in [0.4, 0.5) is 0 Å². The van der Waals surface area contributed by atoms with Gasteiger partial charge in [0.25, 0.3) is 0 Å². The molecule has 0 radical (unpaired) electrons. The van der Waals surface area contributed by atoms with Crippen molar-refractivity contribution in [1.82, 2.24) is 0 Å². The van der Waals surface area contributed by atoms with E-state index < -0.39 is 0 Å². The third kappa shape index (κ3) is 2.94. The Morgan fingerprint density at radius 2 is 1.76 bits per heavy atom. The van der Waals surface area contributed by atoms with Gasteiger partial charge in [0, 0.05) is 11.8 Å². The van der Waals surface area contributed by atoms with Crippen molar-refractivity contribution in [3.8, 4) is 0 Å². The van der Waals surface area contributed by atoms with Crippen molar-refractivity contribution in [2.45, 2.75) is 123 Å². The quantitative estimate of drug-likeness (QED) is 0.525. The number of epoxide rings is 1. The molecule has 29 heavy (non-hydrogen) atoms. The second-order valence-electron chi connectivity index (χ2n) is 13.0. The lowest BCUT2D eigenvalue weighted by Gasteiger charge is -2.59. The highest BCUT2D eigenvalue weighted by Gasteiger charge is 2.76. The summed E-state index contributed by atoms with van der Waals surface area (Å²) in [5.74, 6) is 5.31. The summed E-state index contributed by atoms with van der Waals surface area (Å²) in [4.78, 5) is 0. The summed E-state index contributed by atoms with van der Waals surface area (Å²) < 4.78 is 6.51. The van der Waals surface area contributed by atoms with Crippen LogP contribution in [0.15, 0.2) is 0 Å². The average Bonchev–Trinajstić information content (AvgIpc) is 3.22. The molecular weight excluding hydrogens is 356 g/mol. The lowest BCUT2D eigenvalue weighted by molar-refractivity contribution is -0.116. The predicted molar refractivity (Wildman–Crippen MR) is 119 cm³/mol. The van der Waals surface area contributed by atoms with Crippen molar-refractivity contribution in [3.05, 3.63) is 0 Å². The second-order valence-corrected chi connectivity index (χ2v) is 13.0. The maximum Gasteiger partial charge on any atom is 0.103 e. The molecule has 0 bridgehead atoms. The van der Waals surface area contributed by atoms with Crippen LogP contribution in [0.3, 0.4) is 0 Å². The number of rotatable bonds is 5. The van der Waals surface area contributed by atoms with Crippen molar-refractivity contribution in [2.75, 3.05) is 0 Å².